The maximum Gasteiger partial charge on any atom is 0.407 e. The fourth-order valence-electron chi connectivity index (χ4n) is 3.04. The third-order valence-corrected chi connectivity index (χ3v) is 4.43. The zero-order valence-corrected chi connectivity index (χ0v) is 19.0. The summed E-state index contributed by atoms with van der Waals surface area (Å²) in [7, 11) is 4.54. The Bertz CT molecular complexity index is 892. The second-order valence-corrected chi connectivity index (χ2v) is 7.98. The van der Waals surface area contributed by atoms with Crippen LogP contribution in [0.25, 0.3) is 0 Å². The number of alkyl carbamates (subject to hydrolysis) is 1. The first-order valence-electron chi connectivity index (χ1n) is 10.1. The topological polar surface area (TPSA) is 83.1 Å². The summed E-state index contributed by atoms with van der Waals surface area (Å²) >= 11 is 0. The van der Waals surface area contributed by atoms with Crippen LogP contribution in [0.2, 0.25) is 0 Å². The zero-order chi connectivity index (χ0) is 23.0. The molecule has 7 nitrogen and oxygen atoms in total. The van der Waals surface area contributed by atoms with Crippen LogP contribution in [-0.2, 0) is 11.2 Å². The van der Waals surface area contributed by atoms with E-state index in [-0.39, 0.29) is 5.78 Å². The van der Waals surface area contributed by atoms with Gasteiger partial charge < -0.3 is 24.3 Å². The molecule has 0 radical (unpaired) electrons. The highest BCUT2D eigenvalue weighted by atomic mass is 16.6. The number of hydrogen-bond donors (Lipinski definition) is 1. The number of methoxy groups -OCH3 is 3. The predicted octanol–water partition coefficient (Wildman–Crippen LogP) is 4.40. The van der Waals surface area contributed by atoms with Crippen LogP contribution in [0.5, 0.6) is 17.2 Å². The molecule has 0 unspecified atom stereocenters. The normalized spacial score (nSPS) is 10.9. The molecule has 0 fully saturated rings. The Kier molecular flexibility index (Phi) is 8.30. The molecular weight excluding hydrogens is 398 g/mol. The van der Waals surface area contributed by atoms with E-state index in [9.17, 15) is 9.59 Å². The molecule has 0 saturated heterocycles. The second-order valence-electron chi connectivity index (χ2n) is 7.98. The van der Waals surface area contributed by atoms with E-state index in [2.05, 4.69) is 5.32 Å². The summed E-state index contributed by atoms with van der Waals surface area (Å²) < 4.78 is 21.2. The van der Waals surface area contributed by atoms with Gasteiger partial charge in [0.25, 0.3) is 0 Å². The van der Waals surface area contributed by atoms with Gasteiger partial charge in [0.1, 0.15) is 5.60 Å². The van der Waals surface area contributed by atoms with Gasteiger partial charge in [-0.1, -0.05) is 18.2 Å². The quantitative estimate of drug-likeness (QED) is 0.470. The molecule has 168 valence electrons. The summed E-state index contributed by atoms with van der Waals surface area (Å²) in [6.45, 7) is 5.95. The Morgan fingerprint density at radius 1 is 0.903 bits per heavy atom. The number of carbonyl (C=O) groups is 2. The van der Waals surface area contributed by atoms with Crippen molar-refractivity contribution in [3.63, 3.8) is 0 Å². The van der Waals surface area contributed by atoms with Crippen molar-refractivity contribution < 1.29 is 28.5 Å². The van der Waals surface area contributed by atoms with Gasteiger partial charge >= 0.3 is 6.09 Å². The number of rotatable bonds is 9. The Hall–Kier alpha value is -3.22. The number of amides is 1. The summed E-state index contributed by atoms with van der Waals surface area (Å²) in [5.41, 5.74) is 1.49. The largest absolute Gasteiger partial charge is 0.493 e. The van der Waals surface area contributed by atoms with Crippen molar-refractivity contribution in [2.24, 2.45) is 0 Å². The lowest BCUT2D eigenvalue weighted by Crippen LogP contribution is -2.33. The highest BCUT2D eigenvalue weighted by Crippen LogP contribution is 2.38. The van der Waals surface area contributed by atoms with Crippen LogP contribution in [0.4, 0.5) is 4.79 Å². The molecule has 0 spiro atoms. The molecule has 0 aliphatic carbocycles. The van der Waals surface area contributed by atoms with E-state index in [1.54, 1.807) is 18.2 Å². The van der Waals surface area contributed by atoms with E-state index in [4.69, 9.17) is 18.9 Å². The van der Waals surface area contributed by atoms with Crippen LogP contribution >= 0.6 is 0 Å². The highest BCUT2D eigenvalue weighted by molar-refractivity contribution is 6.09. The number of aryl methyl sites for hydroxylation is 1. The molecule has 0 aromatic heterocycles. The van der Waals surface area contributed by atoms with Gasteiger partial charge in [0.05, 0.1) is 21.3 Å². The van der Waals surface area contributed by atoms with Crippen LogP contribution in [0, 0.1) is 0 Å². The maximum absolute atomic E-state index is 13.1. The zero-order valence-electron chi connectivity index (χ0n) is 19.0. The molecule has 0 aliphatic rings. The number of ether oxygens (including phenoxy) is 4. The SMILES string of the molecule is COc1cc(C(=O)c2cccc(CCCNC(=O)OC(C)(C)C)c2)cc(OC)c1OC. The van der Waals surface area contributed by atoms with Crippen molar-refractivity contribution in [3.8, 4) is 17.2 Å². The maximum atomic E-state index is 13.1. The van der Waals surface area contributed by atoms with Crippen molar-refractivity contribution in [2.45, 2.75) is 39.2 Å². The van der Waals surface area contributed by atoms with Gasteiger partial charge in [-0.3, -0.25) is 4.79 Å². The molecule has 2 aromatic rings. The lowest BCUT2D eigenvalue weighted by molar-refractivity contribution is 0.0527. The van der Waals surface area contributed by atoms with Gasteiger partial charge in [0.15, 0.2) is 17.3 Å². The molecule has 31 heavy (non-hydrogen) atoms. The molecular formula is C24H31NO6. The molecule has 2 aromatic carbocycles. The molecule has 1 amide bonds. The smallest absolute Gasteiger partial charge is 0.407 e. The van der Waals surface area contributed by atoms with Crippen molar-refractivity contribution >= 4 is 11.9 Å². The van der Waals surface area contributed by atoms with E-state index in [0.29, 0.717) is 41.3 Å². The number of carbonyl (C=O) groups excluding carboxylic acids is 2. The molecule has 1 N–H and O–H groups in total. The van der Waals surface area contributed by atoms with Gasteiger partial charge in [-0.25, -0.2) is 4.79 Å². The van der Waals surface area contributed by atoms with E-state index in [1.165, 1.54) is 21.3 Å². The Balaban J connectivity index is 2.06. The summed E-state index contributed by atoms with van der Waals surface area (Å²) in [6.07, 6.45) is 1.01. The first kappa shape index (κ1) is 24.1. The van der Waals surface area contributed by atoms with Crippen molar-refractivity contribution in [1.29, 1.82) is 0 Å². The molecule has 0 atom stereocenters. The summed E-state index contributed by atoms with van der Waals surface area (Å²) in [5, 5.41) is 2.74. The minimum atomic E-state index is -0.522. The standard InChI is InChI=1S/C24H31NO6/c1-24(2,3)31-23(27)25-12-8-10-16-9-7-11-17(13-16)21(26)18-14-19(28-4)22(30-6)20(15-18)29-5/h7,9,11,13-15H,8,10,12H2,1-6H3,(H,25,27). The monoisotopic (exact) mass is 429 g/mol. The molecule has 0 heterocycles. The Morgan fingerprint density at radius 3 is 2.10 bits per heavy atom. The average molecular weight is 430 g/mol. The number of ketones is 1. The molecule has 0 aliphatic heterocycles. The van der Waals surface area contributed by atoms with Crippen molar-refractivity contribution in [3.05, 3.63) is 53.1 Å². The highest BCUT2D eigenvalue weighted by Gasteiger charge is 2.18. The van der Waals surface area contributed by atoms with Crippen molar-refractivity contribution in [2.75, 3.05) is 27.9 Å². The minimum absolute atomic E-state index is 0.145. The molecule has 2 rings (SSSR count). The third-order valence-electron chi connectivity index (χ3n) is 4.43. The molecule has 0 saturated carbocycles. The molecule has 7 heteroatoms. The van der Waals surface area contributed by atoms with Gasteiger partial charge in [0.2, 0.25) is 5.75 Å². The van der Waals surface area contributed by atoms with E-state index in [0.717, 1.165) is 12.0 Å². The second kappa shape index (κ2) is 10.7. The lowest BCUT2D eigenvalue weighted by Gasteiger charge is -2.19. The fourth-order valence-corrected chi connectivity index (χ4v) is 3.04. The van der Waals surface area contributed by atoms with Crippen LogP contribution in [-0.4, -0.2) is 45.4 Å². The number of hydrogen-bond acceptors (Lipinski definition) is 6. The van der Waals surface area contributed by atoms with Crippen LogP contribution in [0.1, 0.15) is 48.7 Å². The minimum Gasteiger partial charge on any atom is -0.493 e. The lowest BCUT2D eigenvalue weighted by atomic mass is 9.99. The van der Waals surface area contributed by atoms with Gasteiger partial charge in [-0.05, 0) is 57.4 Å². The van der Waals surface area contributed by atoms with E-state index < -0.39 is 11.7 Å². The van der Waals surface area contributed by atoms with Crippen LogP contribution in [0.15, 0.2) is 36.4 Å². The van der Waals surface area contributed by atoms with Crippen LogP contribution in [0.3, 0.4) is 0 Å². The fraction of sp³-hybridized carbons (Fsp3) is 0.417. The van der Waals surface area contributed by atoms with Crippen LogP contribution < -0.4 is 19.5 Å². The predicted molar refractivity (Wildman–Crippen MR) is 119 cm³/mol. The van der Waals surface area contributed by atoms with E-state index in [1.807, 2.05) is 39.0 Å². The Morgan fingerprint density at radius 2 is 1.55 bits per heavy atom. The van der Waals surface area contributed by atoms with Gasteiger partial charge in [-0.2, -0.15) is 0 Å². The number of benzene rings is 2. The first-order chi connectivity index (χ1) is 14.7. The van der Waals surface area contributed by atoms with Gasteiger partial charge in [-0.15, -0.1) is 0 Å². The Labute approximate surface area is 183 Å². The molecule has 0 bridgehead atoms. The van der Waals surface area contributed by atoms with Crippen molar-refractivity contribution in [1.82, 2.24) is 5.32 Å². The summed E-state index contributed by atoms with van der Waals surface area (Å²) in [5.74, 6) is 1.14. The summed E-state index contributed by atoms with van der Waals surface area (Å²) in [4.78, 5) is 24.8. The first-order valence-corrected chi connectivity index (χ1v) is 10.1. The third kappa shape index (κ3) is 6.91. The summed E-state index contributed by atoms with van der Waals surface area (Å²) in [6, 6.07) is 10.7. The van der Waals surface area contributed by atoms with E-state index >= 15 is 0 Å². The number of nitrogens with one attached hydrogen (secondary N) is 1. The van der Waals surface area contributed by atoms with Gasteiger partial charge in [0, 0.05) is 17.7 Å². The average Bonchev–Trinajstić information content (AvgIpc) is 2.74.